The number of benzene rings is 1. The van der Waals surface area contributed by atoms with Gasteiger partial charge < -0.3 is 14.8 Å². The first-order valence-electron chi connectivity index (χ1n) is 5.10. The molecule has 0 fully saturated rings. The highest BCUT2D eigenvalue weighted by Crippen LogP contribution is 2.27. The van der Waals surface area contributed by atoms with Crippen molar-refractivity contribution in [1.29, 1.82) is 0 Å². The van der Waals surface area contributed by atoms with Crippen LogP contribution in [-0.2, 0) is 18.3 Å². The number of nitrogens with zero attached hydrogens (tertiary/aromatic N) is 2. The number of aryl methyl sites for hydroxylation is 1. The van der Waals surface area contributed by atoms with Crippen LogP contribution in [0.5, 0.6) is 5.75 Å². The van der Waals surface area contributed by atoms with E-state index in [1.807, 2.05) is 0 Å². The summed E-state index contributed by atoms with van der Waals surface area (Å²) in [4.78, 5) is 14.8. The highest BCUT2D eigenvalue weighted by molar-refractivity contribution is 5.70. The van der Waals surface area contributed by atoms with Crippen molar-refractivity contribution in [2.75, 3.05) is 0 Å². The monoisotopic (exact) mass is 232 g/mol. The summed E-state index contributed by atoms with van der Waals surface area (Å²) in [6.45, 7) is 0. The molecule has 2 aromatic rings. The van der Waals surface area contributed by atoms with Gasteiger partial charge in [-0.05, 0) is 12.1 Å². The Morgan fingerprint density at radius 2 is 2.12 bits per heavy atom. The number of hydrogen-bond acceptors (Lipinski definition) is 3. The van der Waals surface area contributed by atoms with Gasteiger partial charge >= 0.3 is 5.97 Å². The Hall–Kier alpha value is -2.30. The van der Waals surface area contributed by atoms with Crippen LogP contribution in [0.2, 0.25) is 0 Å². The molecule has 0 aliphatic rings. The van der Waals surface area contributed by atoms with Crippen LogP contribution in [0.15, 0.2) is 30.5 Å². The van der Waals surface area contributed by atoms with E-state index >= 15 is 0 Å². The molecule has 1 aromatic heterocycles. The van der Waals surface area contributed by atoms with Crippen molar-refractivity contribution in [1.82, 2.24) is 9.55 Å². The number of hydrogen-bond donors (Lipinski definition) is 2. The minimum atomic E-state index is -0.928. The van der Waals surface area contributed by atoms with Crippen LogP contribution in [0.1, 0.15) is 5.82 Å². The molecule has 5 nitrogen and oxygen atoms in total. The van der Waals surface area contributed by atoms with E-state index in [1.54, 1.807) is 42.1 Å². The highest BCUT2D eigenvalue weighted by atomic mass is 16.4. The minimum absolute atomic E-state index is 0.132. The number of aromatic nitrogens is 2. The molecule has 0 radical (unpaired) electrons. The second kappa shape index (κ2) is 4.29. The van der Waals surface area contributed by atoms with Gasteiger partial charge in [-0.15, -0.1) is 0 Å². The zero-order valence-electron chi connectivity index (χ0n) is 9.29. The van der Waals surface area contributed by atoms with Gasteiger partial charge in [-0.25, -0.2) is 4.98 Å². The Bertz CT molecular complexity index is 561. The molecule has 1 aromatic carbocycles. The fourth-order valence-corrected chi connectivity index (χ4v) is 1.62. The maximum absolute atomic E-state index is 10.6. The minimum Gasteiger partial charge on any atom is -0.507 e. The SMILES string of the molecule is Cn1cc(-c2ccccc2O)nc1CC(=O)O. The van der Waals surface area contributed by atoms with Crippen molar-refractivity contribution in [3.05, 3.63) is 36.3 Å². The van der Waals surface area contributed by atoms with E-state index in [0.717, 1.165) is 0 Å². The van der Waals surface area contributed by atoms with Crippen molar-refractivity contribution in [3.8, 4) is 17.0 Å². The zero-order chi connectivity index (χ0) is 12.4. The molecule has 2 rings (SSSR count). The van der Waals surface area contributed by atoms with Crippen LogP contribution in [-0.4, -0.2) is 25.7 Å². The first-order chi connectivity index (χ1) is 8.08. The van der Waals surface area contributed by atoms with Crippen molar-refractivity contribution in [2.45, 2.75) is 6.42 Å². The molecule has 0 bridgehead atoms. The van der Waals surface area contributed by atoms with Crippen LogP contribution in [0, 0.1) is 0 Å². The Kier molecular flexibility index (Phi) is 2.82. The molecule has 0 aliphatic heterocycles. The number of carboxylic acid groups (broad SMARTS) is 1. The Morgan fingerprint density at radius 3 is 2.76 bits per heavy atom. The number of carbonyl (C=O) groups is 1. The smallest absolute Gasteiger partial charge is 0.311 e. The lowest BCUT2D eigenvalue weighted by Crippen LogP contribution is -2.05. The summed E-state index contributed by atoms with van der Waals surface area (Å²) in [6.07, 6.45) is 1.57. The predicted octanol–water partition coefficient (Wildman–Crippen LogP) is 1.42. The summed E-state index contributed by atoms with van der Waals surface area (Å²) in [6, 6.07) is 6.82. The molecular weight excluding hydrogens is 220 g/mol. The topological polar surface area (TPSA) is 75.3 Å². The molecule has 0 amide bonds. The average molecular weight is 232 g/mol. The van der Waals surface area contributed by atoms with E-state index in [-0.39, 0.29) is 12.2 Å². The number of imidazole rings is 1. The van der Waals surface area contributed by atoms with E-state index in [9.17, 15) is 9.90 Å². The van der Waals surface area contributed by atoms with Gasteiger partial charge in [0.25, 0.3) is 0 Å². The number of rotatable bonds is 3. The van der Waals surface area contributed by atoms with Crippen molar-refractivity contribution in [2.24, 2.45) is 7.05 Å². The van der Waals surface area contributed by atoms with E-state index in [2.05, 4.69) is 4.98 Å². The quantitative estimate of drug-likeness (QED) is 0.839. The largest absolute Gasteiger partial charge is 0.507 e. The van der Waals surface area contributed by atoms with Gasteiger partial charge in [0, 0.05) is 18.8 Å². The zero-order valence-corrected chi connectivity index (χ0v) is 9.29. The van der Waals surface area contributed by atoms with Crippen LogP contribution in [0.3, 0.4) is 0 Å². The second-order valence-corrected chi connectivity index (χ2v) is 3.74. The summed E-state index contributed by atoms with van der Waals surface area (Å²) in [5, 5.41) is 18.4. The molecule has 5 heteroatoms. The molecule has 0 spiro atoms. The molecule has 0 saturated heterocycles. The molecular formula is C12H12N2O3. The maximum Gasteiger partial charge on any atom is 0.311 e. The molecule has 2 N–H and O–H groups in total. The second-order valence-electron chi connectivity index (χ2n) is 3.74. The highest BCUT2D eigenvalue weighted by Gasteiger charge is 2.12. The number of aromatic hydroxyl groups is 1. The fourth-order valence-electron chi connectivity index (χ4n) is 1.62. The normalized spacial score (nSPS) is 10.4. The molecule has 17 heavy (non-hydrogen) atoms. The third-order valence-corrected chi connectivity index (χ3v) is 2.46. The lowest BCUT2D eigenvalue weighted by atomic mass is 10.1. The van der Waals surface area contributed by atoms with Gasteiger partial charge in [-0.3, -0.25) is 4.79 Å². The standard InChI is InChI=1S/C12H12N2O3/c1-14-7-9(13-11(14)6-12(16)17)8-4-2-3-5-10(8)15/h2-5,7,15H,6H2,1H3,(H,16,17). The maximum atomic E-state index is 10.6. The average Bonchev–Trinajstić information content (AvgIpc) is 2.60. The number of phenolic OH excluding ortho intramolecular Hbond substituents is 1. The van der Waals surface area contributed by atoms with Crippen molar-refractivity contribution < 1.29 is 15.0 Å². The van der Waals surface area contributed by atoms with E-state index in [4.69, 9.17) is 5.11 Å². The molecule has 0 saturated carbocycles. The van der Waals surface area contributed by atoms with Crippen LogP contribution < -0.4 is 0 Å². The van der Waals surface area contributed by atoms with Crippen LogP contribution >= 0.6 is 0 Å². The predicted molar refractivity (Wildman–Crippen MR) is 61.6 cm³/mol. The molecule has 0 atom stereocenters. The summed E-state index contributed by atoms with van der Waals surface area (Å²) in [5.74, 6) is -0.342. The fraction of sp³-hybridized carbons (Fsp3) is 0.167. The molecule has 0 aliphatic carbocycles. The lowest BCUT2D eigenvalue weighted by Gasteiger charge is -1.98. The van der Waals surface area contributed by atoms with Crippen molar-refractivity contribution in [3.63, 3.8) is 0 Å². The van der Waals surface area contributed by atoms with Gasteiger partial charge in [0.2, 0.25) is 0 Å². The van der Waals surface area contributed by atoms with E-state index < -0.39 is 5.97 Å². The van der Waals surface area contributed by atoms with E-state index in [1.165, 1.54) is 0 Å². The van der Waals surface area contributed by atoms with Gasteiger partial charge in [0.1, 0.15) is 18.0 Å². The van der Waals surface area contributed by atoms with Gasteiger partial charge in [0.05, 0.1) is 5.69 Å². The number of aliphatic carboxylic acids is 1. The summed E-state index contributed by atoms with van der Waals surface area (Å²) in [5.41, 5.74) is 1.17. The summed E-state index contributed by atoms with van der Waals surface area (Å²) >= 11 is 0. The number of para-hydroxylation sites is 1. The number of phenols is 1. The van der Waals surface area contributed by atoms with Gasteiger partial charge in [-0.1, -0.05) is 12.1 Å². The first kappa shape index (κ1) is 11.2. The molecule has 88 valence electrons. The Labute approximate surface area is 98.0 Å². The number of carboxylic acids is 1. The molecule has 0 unspecified atom stereocenters. The summed E-state index contributed by atoms with van der Waals surface area (Å²) < 4.78 is 1.65. The first-order valence-corrected chi connectivity index (χ1v) is 5.10. The summed E-state index contributed by atoms with van der Waals surface area (Å²) in [7, 11) is 1.73. The van der Waals surface area contributed by atoms with Crippen LogP contribution in [0.25, 0.3) is 11.3 Å². The van der Waals surface area contributed by atoms with Gasteiger partial charge in [-0.2, -0.15) is 0 Å². The third-order valence-electron chi connectivity index (χ3n) is 2.46. The van der Waals surface area contributed by atoms with Gasteiger partial charge in [0.15, 0.2) is 0 Å². The van der Waals surface area contributed by atoms with E-state index in [0.29, 0.717) is 17.1 Å². The molecule has 1 heterocycles. The van der Waals surface area contributed by atoms with Crippen molar-refractivity contribution >= 4 is 5.97 Å². The Balaban J connectivity index is 2.41. The van der Waals surface area contributed by atoms with Crippen LogP contribution in [0.4, 0.5) is 0 Å². The lowest BCUT2D eigenvalue weighted by molar-refractivity contribution is -0.136. The third kappa shape index (κ3) is 2.28. The Morgan fingerprint density at radius 1 is 1.41 bits per heavy atom.